The number of halogens is 3. The van der Waals surface area contributed by atoms with Crippen LogP contribution in [0.25, 0.3) is 0 Å². The van der Waals surface area contributed by atoms with Crippen LogP contribution in [0.5, 0.6) is 11.5 Å². The summed E-state index contributed by atoms with van der Waals surface area (Å²) in [7, 11) is 0. The summed E-state index contributed by atoms with van der Waals surface area (Å²) in [5.41, 5.74) is -3.01. The number of hydrogen-bond donors (Lipinski definition) is 2. The average molecular weight is 397 g/mol. The van der Waals surface area contributed by atoms with Gasteiger partial charge in [0.05, 0.1) is 4.92 Å². The summed E-state index contributed by atoms with van der Waals surface area (Å²) in [6, 6.07) is 4.96. The van der Waals surface area contributed by atoms with E-state index in [1.54, 1.807) is 0 Å². The van der Waals surface area contributed by atoms with Crippen LogP contribution in [0, 0.1) is 10.1 Å². The number of imide groups is 1. The minimum atomic E-state index is -5.00. The Morgan fingerprint density at radius 1 is 1.07 bits per heavy atom. The number of carbonyl (C=O) groups is 2. The molecule has 1 aliphatic heterocycles. The van der Waals surface area contributed by atoms with Crippen molar-refractivity contribution in [1.82, 2.24) is 5.32 Å². The van der Waals surface area contributed by atoms with Gasteiger partial charge in [0.15, 0.2) is 11.5 Å². The van der Waals surface area contributed by atoms with Crippen LogP contribution in [0.2, 0.25) is 0 Å². The Balaban J connectivity index is 1.72. The van der Waals surface area contributed by atoms with Crippen LogP contribution in [0.1, 0.15) is 15.9 Å². The molecule has 0 aliphatic carbocycles. The highest BCUT2D eigenvalue weighted by Crippen LogP contribution is 2.37. The fourth-order valence-corrected chi connectivity index (χ4v) is 2.38. The Kier molecular flexibility index (Phi) is 4.78. The summed E-state index contributed by atoms with van der Waals surface area (Å²) >= 11 is 0. The number of benzene rings is 2. The Morgan fingerprint density at radius 2 is 1.79 bits per heavy atom. The number of hydrogen-bond acceptors (Lipinski definition) is 6. The zero-order chi connectivity index (χ0) is 20.5. The number of rotatable bonds is 3. The van der Waals surface area contributed by atoms with E-state index < -0.39 is 34.3 Å². The minimum absolute atomic E-state index is 0.0113. The highest BCUT2D eigenvalue weighted by Gasteiger charge is 2.38. The van der Waals surface area contributed by atoms with Crippen molar-refractivity contribution in [3.05, 3.63) is 57.6 Å². The second-order valence-electron chi connectivity index (χ2n) is 5.46. The van der Waals surface area contributed by atoms with Crippen LogP contribution in [-0.4, -0.2) is 23.7 Å². The first kappa shape index (κ1) is 18.9. The molecule has 2 aromatic rings. The van der Waals surface area contributed by atoms with Crippen molar-refractivity contribution in [2.24, 2.45) is 0 Å². The highest BCUT2D eigenvalue weighted by atomic mass is 19.4. The van der Waals surface area contributed by atoms with Crippen LogP contribution in [0.15, 0.2) is 36.4 Å². The third kappa shape index (κ3) is 3.95. The number of nitrogens with one attached hydrogen (secondary N) is 2. The Morgan fingerprint density at radius 3 is 2.46 bits per heavy atom. The summed E-state index contributed by atoms with van der Waals surface area (Å²) < 4.78 is 49.1. The quantitative estimate of drug-likeness (QED) is 0.606. The lowest BCUT2D eigenvalue weighted by molar-refractivity contribution is -0.388. The maximum absolute atomic E-state index is 13.0. The molecule has 0 atom stereocenters. The molecule has 0 saturated carbocycles. The summed E-state index contributed by atoms with van der Waals surface area (Å²) in [6.45, 7) is -0.0113. The van der Waals surface area contributed by atoms with Gasteiger partial charge in [-0.25, -0.2) is 4.79 Å². The monoisotopic (exact) mass is 397 g/mol. The largest absolute Gasteiger partial charge is 0.454 e. The zero-order valence-corrected chi connectivity index (χ0v) is 13.7. The van der Waals surface area contributed by atoms with E-state index in [-0.39, 0.29) is 18.0 Å². The van der Waals surface area contributed by atoms with Gasteiger partial charge < -0.3 is 14.8 Å². The van der Waals surface area contributed by atoms with E-state index in [1.807, 2.05) is 10.6 Å². The van der Waals surface area contributed by atoms with Gasteiger partial charge in [0, 0.05) is 17.3 Å². The summed E-state index contributed by atoms with van der Waals surface area (Å²) in [5.74, 6) is -0.112. The van der Waals surface area contributed by atoms with Gasteiger partial charge in [-0.1, -0.05) is 0 Å². The fourth-order valence-electron chi connectivity index (χ4n) is 2.38. The molecule has 0 spiro atoms. The van der Waals surface area contributed by atoms with E-state index in [0.717, 1.165) is 6.07 Å². The first-order chi connectivity index (χ1) is 13.1. The van der Waals surface area contributed by atoms with Crippen molar-refractivity contribution >= 4 is 23.3 Å². The Labute approximate surface area is 154 Å². The summed E-state index contributed by atoms with van der Waals surface area (Å²) in [6.07, 6.45) is -5.00. The number of carbonyl (C=O) groups excluding carboxylic acids is 2. The lowest BCUT2D eigenvalue weighted by atomic mass is 10.1. The number of amides is 3. The lowest BCUT2D eigenvalue weighted by Crippen LogP contribution is -2.34. The van der Waals surface area contributed by atoms with Crippen LogP contribution in [0.4, 0.5) is 29.3 Å². The molecular weight excluding hydrogens is 387 g/mol. The van der Waals surface area contributed by atoms with Crippen molar-refractivity contribution in [3.8, 4) is 11.5 Å². The fraction of sp³-hybridized carbons (Fsp3) is 0.125. The van der Waals surface area contributed by atoms with Gasteiger partial charge in [-0.2, -0.15) is 13.2 Å². The van der Waals surface area contributed by atoms with E-state index in [0.29, 0.717) is 23.6 Å². The maximum atomic E-state index is 13.0. The van der Waals surface area contributed by atoms with Gasteiger partial charge in [0.1, 0.15) is 5.56 Å². The number of fused-ring (bicyclic) bond motifs is 1. The van der Waals surface area contributed by atoms with Gasteiger partial charge in [-0.15, -0.1) is 0 Å². The average Bonchev–Trinajstić information content (AvgIpc) is 3.08. The number of nitro benzene ring substituents is 1. The first-order valence-corrected chi connectivity index (χ1v) is 7.53. The van der Waals surface area contributed by atoms with Gasteiger partial charge in [-0.05, 0) is 30.3 Å². The molecule has 1 aliphatic rings. The molecule has 2 aromatic carbocycles. The smallest absolute Gasteiger partial charge is 0.423 e. The van der Waals surface area contributed by atoms with E-state index in [4.69, 9.17) is 9.47 Å². The second kappa shape index (κ2) is 7.06. The second-order valence-corrected chi connectivity index (χ2v) is 5.46. The number of nitro groups is 1. The molecule has 146 valence electrons. The molecule has 2 N–H and O–H groups in total. The molecule has 12 heteroatoms. The highest BCUT2D eigenvalue weighted by molar-refractivity contribution is 6.08. The lowest BCUT2D eigenvalue weighted by Gasteiger charge is -2.11. The van der Waals surface area contributed by atoms with Crippen LogP contribution < -0.4 is 20.1 Å². The number of anilines is 1. The van der Waals surface area contributed by atoms with Crippen molar-refractivity contribution in [2.45, 2.75) is 6.18 Å². The number of alkyl halides is 3. The van der Waals surface area contributed by atoms with E-state index in [1.165, 1.54) is 18.2 Å². The van der Waals surface area contributed by atoms with Crippen molar-refractivity contribution in [2.75, 3.05) is 12.1 Å². The predicted octanol–water partition coefficient (Wildman–Crippen LogP) is 3.30. The molecule has 0 fully saturated rings. The topological polar surface area (TPSA) is 120 Å². The van der Waals surface area contributed by atoms with Crippen LogP contribution in [-0.2, 0) is 6.18 Å². The number of nitrogens with zero attached hydrogens (tertiary/aromatic N) is 1. The molecule has 28 heavy (non-hydrogen) atoms. The van der Waals surface area contributed by atoms with E-state index >= 15 is 0 Å². The SMILES string of the molecule is O=C(NC(=O)c1ccc2c(c1)OCO2)Nc1ccc([N+](=O)[O-])c(C(F)(F)F)c1. The molecule has 0 radical (unpaired) electrons. The number of ether oxygens (including phenoxy) is 2. The molecule has 3 rings (SSSR count). The molecule has 0 unspecified atom stereocenters. The normalized spacial score (nSPS) is 12.4. The van der Waals surface area contributed by atoms with E-state index in [2.05, 4.69) is 0 Å². The first-order valence-electron chi connectivity index (χ1n) is 7.53. The zero-order valence-electron chi connectivity index (χ0n) is 13.7. The van der Waals surface area contributed by atoms with Gasteiger partial charge in [0.25, 0.3) is 11.6 Å². The molecule has 0 aromatic heterocycles. The molecular formula is C16H10F3N3O6. The molecule has 0 bridgehead atoms. The summed E-state index contributed by atoms with van der Waals surface area (Å²) in [5, 5.41) is 14.7. The van der Waals surface area contributed by atoms with Gasteiger partial charge in [0.2, 0.25) is 6.79 Å². The van der Waals surface area contributed by atoms with Crippen molar-refractivity contribution in [3.63, 3.8) is 0 Å². The Bertz CT molecular complexity index is 977. The standard InChI is InChI=1S/C16H10F3N3O6/c17-16(18,19)10-6-9(2-3-11(10)22(25)26)20-15(24)21-14(23)8-1-4-12-13(5-8)28-7-27-12/h1-6H,7H2,(H2,20,21,23,24). The Hall–Kier alpha value is -3.83. The van der Waals surface area contributed by atoms with Crippen LogP contribution in [0.3, 0.4) is 0 Å². The third-order valence-electron chi connectivity index (χ3n) is 3.62. The van der Waals surface area contributed by atoms with Gasteiger partial charge in [-0.3, -0.25) is 20.2 Å². The molecule has 0 saturated heterocycles. The molecule has 1 heterocycles. The van der Waals surface area contributed by atoms with E-state index in [9.17, 15) is 32.9 Å². The maximum Gasteiger partial charge on any atom is 0.423 e. The predicted molar refractivity (Wildman–Crippen MR) is 87.1 cm³/mol. The van der Waals surface area contributed by atoms with Crippen LogP contribution >= 0.6 is 0 Å². The van der Waals surface area contributed by atoms with Crippen molar-refractivity contribution in [1.29, 1.82) is 0 Å². The summed E-state index contributed by atoms with van der Waals surface area (Å²) in [4.78, 5) is 33.5. The third-order valence-corrected chi connectivity index (χ3v) is 3.62. The number of urea groups is 1. The van der Waals surface area contributed by atoms with Gasteiger partial charge >= 0.3 is 12.2 Å². The molecule has 9 nitrogen and oxygen atoms in total. The van der Waals surface area contributed by atoms with Crippen molar-refractivity contribution < 1.29 is 37.2 Å². The minimum Gasteiger partial charge on any atom is -0.454 e. The molecule has 3 amide bonds.